The Kier molecular flexibility index (Phi) is 21.4. The number of hydrogen-bond acceptors (Lipinski definition) is 8. The zero-order valence-electron chi connectivity index (χ0n) is 14.7. The first-order valence-electron chi connectivity index (χ1n) is 7.38. The molecule has 1 unspecified atom stereocenters. The van der Waals surface area contributed by atoms with Crippen molar-refractivity contribution in [1.29, 1.82) is 0 Å². The molecule has 0 heterocycles. The van der Waals surface area contributed by atoms with Gasteiger partial charge in [-0.3, -0.25) is 8.37 Å². The van der Waals surface area contributed by atoms with Crippen molar-refractivity contribution in [2.75, 3.05) is 6.61 Å². The fourth-order valence-electron chi connectivity index (χ4n) is 1.99. The van der Waals surface area contributed by atoms with Crippen LogP contribution in [0.3, 0.4) is 0 Å². The van der Waals surface area contributed by atoms with Gasteiger partial charge in [0.25, 0.3) is 0 Å². The maximum absolute atomic E-state index is 10.5. The van der Waals surface area contributed by atoms with Crippen molar-refractivity contribution in [3.63, 3.8) is 0 Å². The zero-order chi connectivity index (χ0) is 17.1. The van der Waals surface area contributed by atoms with Crippen molar-refractivity contribution in [1.82, 2.24) is 0 Å². The molecule has 0 aliphatic heterocycles. The minimum absolute atomic E-state index is 0. The molecule has 0 fully saturated rings. The smallest absolute Gasteiger partial charge is 0.726 e. The fourth-order valence-corrected chi connectivity index (χ4v) is 2.79. The number of unbranched alkanes of at least 4 members (excludes halogenated alkanes) is 7. The van der Waals surface area contributed by atoms with E-state index in [9.17, 15) is 25.9 Å². The van der Waals surface area contributed by atoms with Crippen LogP contribution in [0, 0.1) is 0 Å². The van der Waals surface area contributed by atoms with Gasteiger partial charge in [0, 0.05) is 0 Å². The third-order valence-corrected chi connectivity index (χ3v) is 3.96. The molecule has 0 amide bonds. The van der Waals surface area contributed by atoms with Crippen molar-refractivity contribution < 1.29 is 93.4 Å². The van der Waals surface area contributed by atoms with Crippen LogP contribution in [-0.2, 0) is 29.2 Å². The minimum atomic E-state index is -4.98. The molecule has 8 nitrogen and oxygen atoms in total. The van der Waals surface area contributed by atoms with Crippen LogP contribution in [-0.4, -0.2) is 38.7 Å². The molecule has 0 bridgehead atoms. The van der Waals surface area contributed by atoms with Gasteiger partial charge in [-0.2, -0.15) is 0 Å². The van der Waals surface area contributed by atoms with E-state index in [4.69, 9.17) is 0 Å². The van der Waals surface area contributed by atoms with Gasteiger partial charge in [-0.05, 0) is 6.42 Å². The van der Waals surface area contributed by atoms with Crippen LogP contribution >= 0.6 is 0 Å². The molecule has 0 aromatic rings. The summed E-state index contributed by atoms with van der Waals surface area (Å²) in [6, 6.07) is 0. The molecule has 12 heteroatoms. The minimum Gasteiger partial charge on any atom is -0.726 e. The summed E-state index contributed by atoms with van der Waals surface area (Å²) in [6.45, 7) is 1.36. The standard InChI is InChI=1S/C12H26O8S2.2Na/c1-2-3-4-5-6-7-8-9-10-12(20-22(16,17)18)11-19-21(13,14)15;;/h12H,2-11H2,1H3,(H,13,14,15)(H,16,17,18);;/q;2*+1/p-2. The average Bonchev–Trinajstić information content (AvgIpc) is 2.36. The Hall–Kier alpha value is 1.74. The first-order valence-corrected chi connectivity index (χ1v) is 10.0. The van der Waals surface area contributed by atoms with Crippen molar-refractivity contribution in [2.45, 2.75) is 70.8 Å². The molecular formula is C12H24Na2O8S2. The summed E-state index contributed by atoms with van der Waals surface area (Å²) in [5.41, 5.74) is 0. The second kappa shape index (κ2) is 16.9. The van der Waals surface area contributed by atoms with Crippen LogP contribution in [0.1, 0.15) is 64.7 Å². The van der Waals surface area contributed by atoms with Gasteiger partial charge < -0.3 is 9.11 Å². The Bertz CT molecular complexity index is 481. The van der Waals surface area contributed by atoms with E-state index in [-0.39, 0.29) is 65.5 Å². The van der Waals surface area contributed by atoms with Gasteiger partial charge in [0.05, 0.1) is 6.61 Å². The molecule has 0 radical (unpaired) electrons. The topological polar surface area (TPSA) is 133 Å². The predicted octanol–water partition coefficient (Wildman–Crippen LogP) is -4.15. The molecule has 134 valence electrons. The van der Waals surface area contributed by atoms with Gasteiger partial charge in [-0.15, -0.1) is 0 Å². The third kappa shape index (κ3) is 23.7. The average molecular weight is 406 g/mol. The molecular weight excluding hydrogens is 382 g/mol. The molecule has 0 N–H and O–H groups in total. The van der Waals surface area contributed by atoms with Gasteiger partial charge >= 0.3 is 59.1 Å². The molecule has 0 aromatic carbocycles. The third-order valence-electron chi connectivity index (χ3n) is 3.03. The molecule has 0 saturated heterocycles. The SMILES string of the molecule is CCCCCCCCCCC(COS(=O)(=O)[O-])OS(=O)(=O)[O-].[Na+].[Na+]. The molecule has 0 aromatic heterocycles. The number of hydrogen-bond donors (Lipinski definition) is 0. The molecule has 0 spiro atoms. The molecule has 0 saturated carbocycles. The van der Waals surface area contributed by atoms with E-state index in [2.05, 4.69) is 15.3 Å². The normalized spacial score (nSPS) is 13.0. The first-order chi connectivity index (χ1) is 10.1. The van der Waals surface area contributed by atoms with Gasteiger partial charge in [0.2, 0.25) is 20.8 Å². The molecule has 0 aliphatic rings. The van der Waals surface area contributed by atoms with E-state index >= 15 is 0 Å². The summed E-state index contributed by atoms with van der Waals surface area (Å²) in [5.74, 6) is 0. The van der Waals surface area contributed by atoms with Crippen LogP contribution in [0.15, 0.2) is 0 Å². The van der Waals surface area contributed by atoms with Crippen LogP contribution in [0.2, 0.25) is 0 Å². The summed E-state index contributed by atoms with van der Waals surface area (Å²) < 4.78 is 70.8. The first kappa shape index (κ1) is 30.5. The van der Waals surface area contributed by atoms with Crippen LogP contribution < -0.4 is 59.1 Å². The van der Waals surface area contributed by atoms with Gasteiger partial charge in [-0.1, -0.05) is 58.3 Å². The molecule has 24 heavy (non-hydrogen) atoms. The Balaban J connectivity index is -0.00000220. The van der Waals surface area contributed by atoms with Crippen LogP contribution in [0.4, 0.5) is 0 Å². The Labute approximate surface area is 189 Å². The summed E-state index contributed by atoms with van der Waals surface area (Å²) in [5, 5.41) is 0. The quantitative estimate of drug-likeness (QED) is 0.123. The van der Waals surface area contributed by atoms with Gasteiger partial charge in [0.15, 0.2) is 0 Å². The van der Waals surface area contributed by atoms with Crippen LogP contribution in [0.5, 0.6) is 0 Å². The maximum atomic E-state index is 10.5. The van der Waals surface area contributed by atoms with Crippen molar-refractivity contribution in [2.24, 2.45) is 0 Å². The van der Waals surface area contributed by atoms with E-state index in [1.807, 2.05) is 0 Å². The van der Waals surface area contributed by atoms with E-state index < -0.39 is 33.5 Å². The van der Waals surface area contributed by atoms with E-state index in [0.29, 0.717) is 6.42 Å². The summed E-state index contributed by atoms with van der Waals surface area (Å²) in [6.07, 6.45) is 6.96. The molecule has 1 atom stereocenters. The zero-order valence-corrected chi connectivity index (χ0v) is 20.4. The number of rotatable bonds is 14. The Morgan fingerprint density at radius 1 is 0.792 bits per heavy atom. The van der Waals surface area contributed by atoms with Crippen molar-refractivity contribution in [3.05, 3.63) is 0 Å². The molecule has 0 aliphatic carbocycles. The van der Waals surface area contributed by atoms with Crippen molar-refractivity contribution >= 4 is 20.8 Å². The largest absolute Gasteiger partial charge is 1.00 e. The Morgan fingerprint density at radius 3 is 1.67 bits per heavy atom. The van der Waals surface area contributed by atoms with E-state index in [1.54, 1.807) is 0 Å². The predicted molar refractivity (Wildman–Crippen MR) is 77.4 cm³/mol. The van der Waals surface area contributed by atoms with E-state index in [0.717, 1.165) is 25.7 Å². The van der Waals surface area contributed by atoms with Gasteiger partial charge in [-0.25, -0.2) is 16.8 Å². The second-order valence-electron chi connectivity index (χ2n) is 5.08. The second-order valence-corrected chi connectivity index (χ2v) is 7.14. The molecule has 0 rings (SSSR count). The van der Waals surface area contributed by atoms with Crippen LogP contribution in [0.25, 0.3) is 0 Å². The van der Waals surface area contributed by atoms with Crippen molar-refractivity contribution in [3.8, 4) is 0 Å². The summed E-state index contributed by atoms with van der Waals surface area (Å²) >= 11 is 0. The monoisotopic (exact) mass is 406 g/mol. The Morgan fingerprint density at radius 2 is 1.25 bits per heavy atom. The van der Waals surface area contributed by atoms with E-state index in [1.165, 1.54) is 19.3 Å². The fraction of sp³-hybridized carbons (Fsp3) is 1.00. The maximum Gasteiger partial charge on any atom is 1.00 e. The van der Waals surface area contributed by atoms with Gasteiger partial charge in [0.1, 0.15) is 6.10 Å². The summed E-state index contributed by atoms with van der Waals surface area (Å²) in [4.78, 5) is 0. The summed E-state index contributed by atoms with van der Waals surface area (Å²) in [7, 11) is -9.93.